The van der Waals surface area contributed by atoms with E-state index in [1.54, 1.807) is 0 Å². The number of hydrogen-bond acceptors (Lipinski definition) is 5. The van der Waals surface area contributed by atoms with Crippen LogP contribution in [0.3, 0.4) is 0 Å². The van der Waals surface area contributed by atoms with Crippen LogP contribution in [0.15, 0.2) is 5.38 Å². The highest BCUT2D eigenvalue weighted by atomic mass is 32.1. The van der Waals surface area contributed by atoms with Gasteiger partial charge in [0.15, 0.2) is 5.13 Å². The zero-order valence-corrected chi connectivity index (χ0v) is 10.5. The van der Waals surface area contributed by atoms with E-state index in [2.05, 4.69) is 10.3 Å². The molecule has 0 radical (unpaired) electrons. The van der Waals surface area contributed by atoms with Gasteiger partial charge in [0, 0.05) is 5.38 Å². The van der Waals surface area contributed by atoms with Crippen LogP contribution in [0.5, 0.6) is 0 Å². The van der Waals surface area contributed by atoms with Crippen LogP contribution < -0.4 is 11.1 Å². The van der Waals surface area contributed by atoms with Crippen LogP contribution >= 0.6 is 11.3 Å². The molecule has 0 saturated heterocycles. The normalized spacial score (nSPS) is 14.0. The van der Waals surface area contributed by atoms with Crippen molar-refractivity contribution in [1.82, 2.24) is 4.98 Å². The van der Waals surface area contributed by atoms with Gasteiger partial charge in [0.25, 0.3) is 5.91 Å². The molecule has 7 heteroatoms. The molecule has 0 aliphatic heterocycles. The number of nitrogens with one attached hydrogen (secondary N) is 1. The lowest BCUT2D eigenvalue weighted by molar-refractivity contribution is -0.139. The van der Waals surface area contributed by atoms with Crippen LogP contribution in [-0.2, 0) is 4.79 Å². The summed E-state index contributed by atoms with van der Waals surface area (Å²) >= 11 is 1.17. The third-order valence-electron chi connectivity index (χ3n) is 2.51. The van der Waals surface area contributed by atoms with Gasteiger partial charge < -0.3 is 16.2 Å². The van der Waals surface area contributed by atoms with Crippen LogP contribution in [0.25, 0.3) is 0 Å². The van der Waals surface area contributed by atoms with Crippen LogP contribution in [0.1, 0.15) is 30.8 Å². The lowest BCUT2D eigenvalue weighted by atomic mass is 10.00. The van der Waals surface area contributed by atoms with Crippen LogP contribution in [0, 0.1) is 5.92 Å². The number of carboxylic acid groups (broad SMARTS) is 1. The second-order valence-electron chi connectivity index (χ2n) is 3.75. The molecule has 2 atom stereocenters. The second-order valence-corrected chi connectivity index (χ2v) is 4.61. The predicted octanol–water partition coefficient (Wildman–Crippen LogP) is 1.15. The fraction of sp³-hybridized carbons (Fsp3) is 0.500. The minimum atomic E-state index is -0.935. The van der Waals surface area contributed by atoms with Gasteiger partial charge >= 0.3 is 5.97 Å². The highest BCUT2D eigenvalue weighted by molar-refractivity contribution is 7.13. The molecule has 4 N–H and O–H groups in total. The summed E-state index contributed by atoms with van der Waals surface area (Å²) in [5.74, 6) is -1.59. The van der Waals surface area contributed by atoms with E-state index in [1.807, 2.05) is 13.8 Å². The maximum Gasteiger partial charge on any atom is 0.326 e. The molecule has 0 aromatic carbocycles. The Morgan fingerprint density at radius 1 is 1.65 bits per heavy atom. The molecule has 1 amide bonds. The molecular weight excluding hydrogens is 242 g/mol. The first kappa shape index (κ1) is 13.4. The molecular formula is C10H15N3O3S. The fourth-order valence-electron chi connectivity index (χ4n) is 1.27. The monoisotopic (exact) mass is 257 g/mol. The fourth-order valence-corrected chi connectivity index (χ4v) is 2.01. The molecule has 94 valence electrons. The number of nitrogens with two attached hydrogens (primary N) is 1. The van der Waals surface area contributed by atoms with Gasteiger partial charge in [-0.05, 0) is 5.92 Å². The number of hydrogen-bond donors (Lipinski definition) is 3. The summed E-state index contributed by atoms with van der Waals surface area (Å²) in [7, 11) is 0. The summed E-state index contributed by atoms with van der Waals surface area (Å²) in [6, 6.07) is -0.716. The van der Waals surface area contributed by atoms with Crippen molar-refractivity contribution in [3.8, 4) is 0 Å². The summed E-state index contributed by atoms with van der Waals surface area (Å²) in [5, 5.41) is 13.8. The number of amides is 1. The number of nitrogens with zero attached hydrogens (tertiary/aromatic N) is 1. The number of anilines is 1. The van der Waals surface area contributed by atoms with Gasteiger partial charge in [0.1, 0.15) is 11.7 Å². The molecule has 1 aromatic rings. The molecule has 0 aliphatic rings. The number of carbonyl (C=O) groups excluding carboxylic acids is 1. The number of rotatable bonds is 6. The minimum absolute atomic E-state index is 0.0339. The van der Waals surface area contributed by atoms with Crippen molar-refractivity contribution in [1.29, 1.82) is 0 Å². The standard InChI is InChI=1S/C10H15N3O3S/c1-3-5(2)7(9(15)16)13-10-12-6(4-17-10)8(11)14/h4-5,7H,3H2,1-2H3,(H2,11,14)(H,12,13)(H,15,16)/t5-,7-/m0/s1. The van der Waals surface area contributed by atoms with Crippen molar-refractivity contribution < 1.29 is 14.7 Å². The van der Waals surface area contributed by atoms with Gasteiger partial charge in [-0.1, -0.05) is 20.3 Å². The first-order valence-corrected chi connectivity index (χ1v) is 6.08. The van der Waals surface area contributed by atoms with Gasteiger partial charge in [0.2, 0.25) is 0 Å². The van der Waals surface area contributed by atoms with Crippen LogP contribution in [0.4, 0.5) is 5.13 Å². The van der Waals surface area contributed by atoms with Crippen molar-refractivity contribution in [2.45, 2.75) is 26.3 Å². The smallest absolute Gasteiger partial charge is 0.326 e. The highest BCUT2D eigenvalue weighted by Gasteiger charge is 2.24. The van der Waals surface area contributed by atoms with E-state index < -0.39 is 17.9 Å². The highest BCUT2D eigenvalue weighted by Crippen LogP contribution is 2.19. The molecule has 0 fully saturated rings. The Balaban J connectivity index is 2.79. The topological polar surface area (TPSA) is 105 Å². The zero-order chi connectivity index (χ0) is 13.0. The lowest BCUT2D eigenvalue weighted by Crippen LogP contribution is -2.35. The maximum absolute atomic E-state index is 11.1. The first-order chi connectivity index (χ1) is 7.95. The first-order valence-electron chi connectivity index (χ1n) is 5.20. The average molecular weight is 257 g/mol. The van der Waals surface area contributed by atoms with Crippen molar-refractivity contribution in [2.75, 3.05) is 5.32 Å². The summed E-state index contributed by atoms with van der Waals surface area (Å²) in [6.45, 7) is 3.76. The Bertz CT molecular complexity index is 419. The van der Waals surface area contributed by atoms with E-state index in [4.69, 9.17) is 10.8 Å². The zero-order valence-electron chi connectivity index (χ0n) is 9.64. The molecule has 1 aromatic heterocycles. The van der Waals surface area contributed by atoms with E-state index in [0.29, 0.717) is 5.13 Å². The SMILES string of the molecule is CC[C@H](C)[C@H](Nc1nc(C(N)=O)cs1)C(=O)O. The van der Waals surface area contributed by atoms with Crippen molar-refractivity contribution >= 4 is 28.3 Å². The number of thiazole rings is 1. The Morgan fingerprint density at radius 3 is 2.71 bits per heavy atom. The maximum atomic E-state index is 11.1. The average Bonchev–Trinajstić information content (AvgIpc) is 2.73. The predicted molar refractivity (Wildman–Crippen MR) is 65.1 cm³/mol. The Labute approximate surface area is 103 Å². The summed E-state index contributed by atoms with van der Waals surface area (Å²) < 4.78 is 0. The number of carbonyl (C=O) groups is 2. The van der Waals surface area contributed by atoms with E-state index in [0.717, 1.165) is 6.42 Å². The molecule has 1 rings (SSSR count). The van der Waals surface area contributed by atoms with Crippen molar-refractivity contribution in [2.24, 2.45) is 11.7 Å². The third-order valence-corrected chi connectivity index (χ3v) is 3.29. The summed E-state index contributed by atoms with van der Waals surface area (Å²) in [4.78, 5) is 25.8. The molecule has 0 saturated carbocycles. The molecule has 0 spiro atoms. The Morgan fingerprint density at radius 2 is 2.29 bits per heavy atom. The molecule has 17 heavy (non-hydrogen) atoms. The number of primary amides is 1. The van der Waals surface area contributed by atoms with E-state index >= 15 is 0 Å². The van der Waals surface area contributed by atoms with Gasteiger partial charge in [-0.15, -0.1) is 11.3 Å². The van der Waals surface area contributed by atoms with Crippen molar-refractivity contribution in [3.63, 3.8) is 0 Å². The molecule has 1 heterocycles. The largest absolute Gasteiger partial charge is 0.480 e. The van der Waals surface area contributed by atoms with Gasteiger partial charge in [0.05, 0.1) is 0 Å². The van der Waals surface area contributed by atoms with Gasteiger partial charge in [-0.3, -0.25) is 4.79 Å². The molecule has 0 aliphatic carbocycles. The van der Waals surface area contributed by atoms with E-state index in [9.17, 15) is 9.59 Å². The van der Waals surface area contributed by atoms with E-state index in [1.165, 1.54) is 16.7 Å². The third kappa shape index (κ3) is 3.42. The Hall–Kier alpha value is -1.63. The summed E-state index contributed by atoms with van der Waals surface area (Å²) in [5.41, 5.74) is 5.21. The van der Waals surface area contributed by atoms with E-state index in [-0.39, 0.29) is 11.6 Å². The summed E-state index contributed by atoms with van der Waals surface area (Å²) in [6.07, 6.45) is 0.734. The number of aliphatic carboxylic acids is 1. The number of carboxylic acids is 1. The molecule has 0 bridgehead atoms. The molecule has 0 unspecified atom stereocenters. The lowest BCUT2D eigenvalue weighted by Gasteiger charge is -2.19. The Kier molecular flexibility index (Phi) is 4.45. The van der Waals surface area contributed by atoms with Crippen molar-refractivity contribution in [3.05, 3.63) is 11.1 Å². The minimum Gasteiger partial charge on any atom is -0.480 e. The van der Waals surface area contributed by atoms with Gasteiger partial charge in [-0.25, -0.2) is 9.78 Å². The number of aromatic nitrogens is 1. The second kappa shape index (κ2) is 5.62. The van der Waals surface area contributed by atoms with Crippen LogP contribution in [0.2, 0.25) is 0 Å². The molecule has 6 nitrogen and oxygen atoms in total. The van der Waals surface area contributed by atoms with Gasteiger partial charge in [-0.2, -0.15) is 0 Å². The van der Waals surface area contributed by atoms with Crippen LogP contribution in [-0.4, -0.2) is 28.0 Å². The quantitative estimate of drug-likeness (QED) is 0.709.